The molecule has 0 aromatic heterocycles. The summed E-state index contributed by atoms with van der Waals surface area (Å²) in [6.45, 7) is 4.13. The highest BCUT2D eigenvalue weighted by atomic mass is 31.2. The van der Waals surface area contributed by atoms with E-state index < -0.39 is 13.7 Å². The second-order valence-electron chi connectivity index (χ2n) is 7.65. The van der Waals surface area contributed by atoms with Gasteiger partial charge in [0.25, 0.3) is 0 Å². The van der Waals surface area contributed by atoms with Crippen LogP contribution in [0.4, 0.5) is 0 Å². The van der Waals surface area contributed by atoms with Crippen LogP contribution in [0.5, 0.6) is 0 Å². The van der Waals surface area contributed by atoms with Crippen LogP contribution in [0.1, 0.15) is 43.5 Å². The molecule has 0 saturated heterocycles. The summed E-state index contributed by atoms with van der Waals surface area (Å²) in [7, 11) is -3.15. The molecule has 7 heteroatoms. The highest BCUT2D eigenvalue weighted by Crippen LogP contribution is 2.46. The zero-order valence-electron chi connectivity index (χ0n) is 19.7. The topological polar surface area (TPSA) is 118 Å². The van der Waals surface area contributed by atoms with Crippen LogP contribution in [0, 0.1) is 5.92 Å². The monoisotopic (exact) mass is 487 g/mol. The molecule has 34 heavy (non-hydrogen) atoms. The lowest BCUT2D eigenvalue weighted by Crippen LogP contribution is -2.22. The van der Waals surface area contributed by atoms with Crippen molar-refractivity contribution >= 4 is 24.3 Å². The molecule has 0 aliphatic rings. The van der Waals surface area contributed by atoms with Crippen LogP contribution >= 0.6 is 7.72 Å². The van der Waals surface area contributed by atoms with E-state index in [2.05, 4.69) is 0 Å². The van der Waals surface area contributed by atoms with E-state index in [1.165, 1.54) is 0 Å². The van der Waals surface area contributed by atoms with Gasteiger partial charge in [0.15, 0.2) is 10.6 Å². The first-order valence-corrected chi connectivity index (χ1v) is 13.0. The van der Waals surface area contributed by atoms with Crippen LogP contribution in [0.3, 0.4) is 0 Å². The van der Waals surface area contributed by atoms with E-state index in [9.17, 15) is 19.7 Å². The van der Waals surface area contributed by atoms with Gasteiger partial charge in [-0.3, -0.25) is 0 Å². The molecule has 0 fully saturated rings. The number of aromatic carboxylic acids is 1. The molecule has 0 spiro atoms. The lowest BCUT2D eigenvalue weighted by atomic mass is 9.97. The van der Waals surface area contributed by atoms with Crippen molar-refractivity contribution in [1.29, 1.82) is 0 Å². The van der Waals surface area contributed by atoms with Gasteiger partial charge in [-0.1, -0.05) is 74.9 Å². The third-order valence-electron chi connectivity index (χ3n) is 5.14. The smallest absolute Gasteiger partial charge is 0.335 e. The fourth-order valence-corrected chi connectivity index (χ4v) is 4.53. The van der Waals surface area contributed by atoms with Gasteiger partial charge in [-0.2, -0.15) is 0 Å². The van der Waals surface area contributed by atoms with Crippen LogP contribution in [0.2, 0.25) is 0 Å². The van der Waals surface area contributed by atoms with E-state index in [-0.39, 0.29) is 18.6 Å². The Kier molecular flexibility index (Phi) is 13.9. The van der Waals surface area contributed by atoms with Crippen molar-refractivity contribution in [3.63, 3.8) is 0 Å². The fourth-order valence-electron chi connectivity index (χ4n) is 3.06. The summed E-state index contributed by atoms with van der Waals surface area (Å²) in [5, 5.41) is 27.7. The molecule has 0 radical (unpaired) electrons. The number of carboxylic acids is 1. The van der Waals surface area contributed by atoms with Gasteiger partial charge in [0, 0.05) is 12.5 Å². The Balaban J connectivity index is 0.000000268. The predicted octanol–water partition coefficient (Wildman–Crippen LogP) is 4.02. The van der Waals surface area contributed by atoms with Crippen molar-refractivity contribution in [3.8, 4) is 0 Å². The maximum atomic E-state index is 10.2. The van der Waals surface area contributed by atoms with Crippen LogP contribution < -0.4 is 10.6 Å². The van der Waals surface area contributed by atoms with Gasteiger partial charge < -0.3 is 15.3 Å². The van der Waals surface area contributed by atoms with E-state index in [1.807, 2.05) is 26.0 Å². The van der Waals surface area contributed by atoms with Gasteiger partial charge in [0.2, 0.25) is 0 Å². The van der Waals surface area contributed by atoms with Crippen molar-refractivity contribution in [3.05, 3.63) is 96.6 Å². The Morgan fingerprint density at radius 1 is 0.794 bits per heavy atom. The molecule has 0 heterocycles. The number of benzene rings is 3. The van der Waals surface area contributed by atoms with Crippen molar-refractivity contribution in [2.75, 3.05) is 6.61 Å². The highest BCUT2D eigenvalue weighted by Gasteiger charge is 2.39. The second-order valence-corrected chi connectivity index (χ2v) is 9.89. The summed E-state index contributed by atoms with van der Waals surface area (Å²) < 4.78 is 0. The number of rotatable bonds is 8. The Morgan fingerprint density at radius 2 is 1.21 bits per heavy atom. The van der Waals surface area contributed by atoms with Crippen LogP contribution in [-0.2, 0) is 0 Å². The molecule has 3 rings (SSSR count). The first-order chi connectivity index (χ1) is 16.3. The summed E-state index contributed by atoms with van der Waals surface area (Å²) in [6, 6.07) is 26.2. The van der Waals surface area contributed by atoms with E-state index in [4.69, 9.17) is 10.2 Å². The van der Waals surface area contributed by atoms with E-state index in [0.717, 1.165) is 19.3 Å². The summed E-state index contributed by atoms with van der Waals surface area (Å²) >= 11 is 0. The first kappa shape index (κ1) is 29.4. The maximum absolute atomic E-state index is 10.2. The quantitative estimate of drug-likeness (QED) is 0.306. The Morgan fingerprint density at radius 3 is 1.50 bits per heavy atom. The number of aliphatic hydroxyl groups is 2. The minimum absolute atomic E-state index is 0.0833. The van der Waals surface area contributed by atoms with Gasteiger partial charge >= 0.3 is 13.7 Å². The number of carboxylic acid groups (broad SMARTS) is 1. The number of carbonyl (C=O) groups is 1. The molecule has 3 aromatic rings. The average molecular weight is 488 g/mol. The molecule has 0 amide bonds. The van der Waals surface area contributed by atoms with Crippen LogP contribution in [0.25, 0.3) is 0 Å². The average Bonchev–Trinajstić information content (AvgIpc) is 2.87. The normalized spacial score (nSPS) is 12.3. The van der Waals surface area contributed by atoms with Gasteiger partial charge in [-0.05, 0) is 49.2 Å². The van der Waals surface area contributed by atoms with Crippen LogP contribution in [0.15, 0.2) is 91.0 Å². The molecular weight excluding hydrogens is 451 g/mol. The van der Waals surface area contributed by atoms with Crippen molar-refractivity contribution in [2.45, 2.75) is 39.2 Å². The molecular formula is C27H36O6P+. The minimum Gasteiger partial charge on any atom is -0.478 e. The van der Waals surface area contributed by atoms with Gasteiger partial charge in [-0.15, -0.1) is 0 Å². The molecule has 2 unspecified atom stereocenters. The minimum atomic E-state index is -3.15. The molecule has 184 valence electrons. The molecule has 0 aliphatic carbocycles. The lowest BCUT2D eigenvalue weighted by molar-refractivity contribution is 0.0583. The van der Waals surface area contributed by atoms with Gasteiger partial charge in [-0.25, -0.2) is 14.6 Å². The van der Waals surface area contributed by atoms with E-state index >= 15 is 0 Å². The SMILES string of the molecule is CCCC(O)C(CC)CO.O=C(O)c1ccccc1.O[P+](O)(c1ccccc1)c1ccccc1. The second kappa shape index (κ2) is 16.1. The predicted molar refractivity (Wildman–Crippen MR) is 139 cm³/mol. The van der Waals surface area contributed by atoms with Crippen LogP contribution in [-0.4, -0.2) is 43.8 Å². The Bertz CT molecular complexity index is 874. The standard InChI is InChI=1S/C12H12O2P.C8H18O2.C7H6O2/c13-15(14,11-7-3-1-4-8-11)12-9-5-2-6-10-12;1-3-5-8(10)7(4-2)6-9;8-7(9)6-4-2-1-3-5-6/h1-10,13-14H;7-10H,3-6H2,1-2H3;1-5H,(H,8,9)/q+1;;. The third kappa shape index (κ3) is 10.1. The van der Waals surface area contributed by atoms with Crippen molar-refractivity contribution < 1.29 is 29.9 Å². The third-order valence-corrected chi connectivity index (χ3v) is 7.18. The van der Waals surface area contributed by atoms with E-state index in [0.29, 0.717) is 16.2 Å². The summed E-state index contributed by atoms with van der Waals surface area (Å²) in [6.07, 6.45) is 2.34. The van der Waals surface area contributed by atoms with E-state index in [1.54, 1.807) is 78.9 Å². The largest absolute Gasteiger partial charge is 0.478 e. The Hall–Kier alpha value is -2.60. The molecule has 3 aromatic carbocycles. The molecule has 6 nitrogen and oxygen atoms in total. The maximum Gasteiger partial charge on any atom is 0.335 e. The van der Waals surface area contributed by atoms with Gasteiger partial charge in [0.1, 0.15) is 0 Å². The van der Waals surface area contributed by atoms with Crippen molar-refractivity contribution in [2.24, 2.45) is 5.92 Å². The molecule has 5 N–H and O–H groups in total. The summed E-state index contributed by atoms with van der Waals surface area (Å²) in [5.41, 5.74) is 0.331. The highest BCUT2D eigenvalue weighted by molar-refractivity contribution is 7.79. The number of aliphatic hydroxyl groups excluding tert-OH is 2. The van der Waals surface area contributed by atoms with Gasteiger partial charge in [0.05, 0.1) is 11.7 Å². The summed E-state index contributed by atoms with van der Waals surface area (Å²) in [4.78, 5) is 30.4. The summed E-state index contributed by atoms with van der Waals surface area (Å²) in [5.74, 6) is -0.796. The molecule has 2 atom stereocenters. The zero-order chi connectivity index (χ0) is 25.4. The molecule has 0 aliphatic heterocycles. The zero-order valence-corrected chi connectivity index (χ0v) is 20.6. The number of hydrogen-bond donors (Lipinski definition) is 5. The van der Waals surface area contributed by atoms with Crippen molar-refractivity contribution in [1.82, 2.24) is 0 Å². The number of hydrogen-bond acceptors (Lipinski definition) is 5. The Labute approximate surface area is 202 Å². The first-order valence-electron chi connectivity index (χ1n) is 11.3. The fraction of sp³-hybridized carbons (Fsp3) is 0.296. The molecule has 0 bridgehead atoms. The molecule has 0 saturated carbocycles. The lowest BCUT2D eigenvalue weighted by Gasteiger charge is -2.17.